The molecule has 0 heterocycles. The molecular weight excluding hydrogens is 203 g/mol. The van der Waals surface area contributed by atoms with Gasteiger partial charge in [0.2, 0.25) is 0 Å². The Hall–Kier alpha value is -0.380. The van der Waals surface area contributed by atoms with Crippen LogP contribution in [0, 0.1) is 5.41 Å². The Bertz CT molecular complexity index is 225. The van der Waals surface area contributed by atoms with Gasteiger partial charge in [0.05, 0.1) is 0 Å². The minimum atomic E-state index is -2.53. The number of alkyl halides is 1. The van der Waals surface area contributed by atoms with Crippen LogP contribution in [0.4, 0.5) is 4.39 Å². The molecule has 0 radical (unpaired) electrons. The Morgan fingerprint density at radius 3 is 1.71 bits per heavy atom. The van der Waals surface area contributed by atoms with E-state index < -0.39 is 22.0 Å². The first-order chi connectivity index (χ1) is 6.26. The van der Waals surface area contributed by atoms with E-state index in [1.807, 2.05) is 13.8 Å². The Morgan fingerprint density at radius 2 is 1.43 bits per heavy atom. The molecule has 0 bridgehead atoms. The van der Waals surface area contributed by atoms with Crippen LogP contribution in [0.3, 0.4) is 0 Å². The fourth-order valence-corrected chi connectivity index (χ4v) is 1.48. The Balaban J connectivity index is 0.000000791. The summed E-state index contributed by atoms with van der Waals surface area (Å²) in [6.45, 7) is 7.54. The first kappa shape index (κ1) is 13.6. The number of halogens is 1. The normalized spacial score (nSPS) is 23.9. The number of rotatable bonds is 0. The Labute approximate surface area is 89.7 Å². The molecule has 0 aromatic rings. The van der Waals surface area contributed by atoms with Crippen molar-refractivity contribution in [1.29, 1.82) is 0 Å². The molecule has 1 rings (SSSR count). The third-order valence-corrected chi connectivity index (χ3v) is 2.52. The number of carbonyl (C=O) groups excluding carboxylic acids is 2. The lowest BCUT2D eigenvalue weighted by molar-refractivity contribution is -0.143. The van der Waals surface area contributed by atoms with Gasteiger partial charge in [-0.25, -0.2) is 4.39 Å². The lowest BCUT2D eigenvalue weighted by Gasteiger charge is -2.32. The van der Waals surface area contributed by atoms with Crippen LogP contribution in [0.15, 0.2) is 0 Å². The number of thiol groups is 1. The molecule has 0 spiro atoms. The van der Waals surface area contributed by atoms with Crippen LogP contribution < -0.4 is 0 Å². The second kappa shape index (κ2) is 4.43. The highest BCUT2D eigenvalue weighted by molar-refractivity contribution is 7.83. The van der Waals surface area contributed by atoms with Crippen LogP contribution in [0.2, 0.25) is 0 Å². The zero-order chi connectivity index (χ0) is 11.6. The third-order valence-electron chi connectivity index (χ3n) is 2.02. The van der Waals surface area contributed by atoms with Crippen LogP contribution in [-0.4, -0.2) is 16.6 Å². The van der Waals surface area contributed by atoms with E-state index in [-0.39, 0.29) is 12.8 Å². The van der Waals surface area contributed by atoms with Gasteiger partial charge >= 0.3 is 0 Å². The van der Waals surface area contributed by atoms with Gasteiger partial charge in [-0.1, -0.05) is 27.7 Å². The number of hydrogen-bond acceptors (Lipinski definition) is 3. The Morgan fingerprint density at radius 1 is 1.14 bits per heavy atom. The lowest BCUT2D eigenvalue weighted by Crippen LogP contribution is -2.46. The molecule has 0 aromatic heterocycles. The van der Waals surface area contributed by atoms with Crippen molar-refractivity contribution in [2.75, 3.05) is 0 Å². The summed E-state index contributed by atoms with van der Waals surface area (Å²) in [4.78, 5) is 22.1. The van der Waals surface area contributed by atoms with Crippen molar-refractivity contribution in [3.63, 3.8) is 0 Å². The fraction of sp³-hybridized carbons (Fsp3) is 0.800. The number of carbonyl (C=O) groups is 2. The van der Waals surface area contributed by atoms with Crippen molar-refractivity contribution in [2.45, 2.75) is 45.5 Å². The molecule has 0 atom stereocenters. The molecule has 0 saturated heterocycles. The molecule has 1 aliphatic rings. The molecule has 0 aromatic carbocycles. The molecule has 4 heteroatoms. The summed E-state index contributed by atoms with van der Waals surface area (Å²) >= 11 is 3.42. The SMILES string of the molecule is CC.CC1(C)CC(=O)C(F)(S)C(=O)C1. The number of ketones is 2. The molecule has 82 valence electrons. The van der Waals surface area contributed by atoms with Gasteiger partial charge in [-0.2, -0.15) is 0 Å². The largest absolute Gasteiger partial charge is 0.295 e. The Kier molecular flexibility index (Phi) is 4.31. The van der Waals surface area contributed by atoms with E-state index in [0.29, 0.717) is 0 Å². The van der Waals surface area contributed by atoms with Crippen molar-refractivity contribution in [3.05, 3.63) is 0 Å². The fourth-order valence-electron chi connectivity index (χ4n) is 1.32. The molecular formula is C10H17FO2S. The summed E-state index contributed by atoms with van der Waals surface area (Å²) in [7, 11) is 0. The minimum absolute atomic E-state index is 0.0821. The second-order valence-corrected chi connectivity index (χ2v) is 4.60. The van der Waals surface area contributed by atoms with Crippen molar-refractivity contribution in [2.24, 2.45) is 5.41 Å². The van der Waals surface area contributed by atoms with Crippen LogP contribution in [0.25, 0.3) is 0 Å². The average Bonchev–Trinajstić information content (AvgIpc) is 2.04. The average molecular weight is 220 g/mol. The summed E-state index contributed by atoms with van der Waals surface area (Å²) in [6, 6.07) is 0. The predicted molar refractivity (Wildman–Crippen MR) is 57.2 cm³/mol. The lowest BCUT2D eigenvalue weighted by atomic mass is 9.75. The summed E-state index contributed by atoms with van der Waals surface area (Å²) in [5.41, 5.74) is -0.410. The van der Waals surface area contributed by atoms with Crippen LogP contribution in [0.1, 0.15) is 40.5 Å². The zero-order valence-corrected chi connectivity index (χ0v) is 9.95. The molecule has 0 amide bonds. The summed E-state index contributed by atoms with van der Waals surface area (Å²) in [5, 5.41) is -2.53. The first-order valence-electron chi connectivity index (χ1n) is 4.74. The van der Waals surface area contributed by atoms with Gasteiger partial charge in [-0.3, -0.25) is 9.59 Å². The molecule has 1 fully saturated rings. The highest BCUT2D eigenvalue weighted by Crippen LogP contribution is 2.39. The quantitative estimate of drug-likeness (QED) is 0.503. The molecule has 0 N–H and O–H groups in total. The maximum Gasteiger partial charge on any atom is 0.268 e. The standard InChI is InChI=1S/C8H11FO2S.C2H6/c1-7(2)3-5(10)8(9,12)6(11)4-7;1-2/h12H,3-4H2,1-2H3;1-2H3. The monoisotopic (exact) mass is 220 g/mol. The van der Waals surface area contributed by atoms with Crippen LogP contribution in [0.5, 0.6) is 0 Å². The van der Waals surface area contributed by atoms with Crippen molar-refractivity contribution in [1.82, 2.24) is 0 Å². The van der Waals surface area contributed by atoms with E-state index in [1.165, 1.54) is 0 Å². The van der Waals surface area contributed by atoms with Crippen LogP contribution >= 0.6 is 12.6 Å². The van der Waals surface area contributed by atoms with Crippen molar-refractivity contribution >= 4 is 24.2 Å². The van der Waals surface area contributed by atoms with Gasteiger partial charge in [-0.15, -0.1) is 12.6 Å². The third kappa shape index (κ3) is 2.80. The van der Waals surface area contributed by atoms with E-state index in [9.17, 15) is 14.0 Å². The summed E-state index contributed by atoms with van der Waals surface area (Å²) in [5.74, 6) is -1.43. The minimum Gasteiger partial charge on any atom is -0.295 e. The van der Waals surface area contributed by atoms with Gasteiger partial charge in [0.25, 0.3) is 5.00 Å². The van der Waals surface area contributed by atoms with Gasteiger partial charge in [0.15, 0.2) is 11.6 Å². The highest BCUT2D eigenvalue weighted by Gasteiger charge is 2.50. The molecule has 14 heavy (non-hydrogen) atoms. The first-order valence-corrected chi connectivity index (χ1v) is 5.18. The van der Waals surface area contributed by atoms with Crippen LogP contribution in [-0.2, 0) is 9.59 Å². The molecule has 0 aliphatic heterocycles. The molecule has 1 saturated carbocycles. The van der Waals surface area contributed by atoms with Gasteiger partial charge < -0.3 is 0 Å². The molecule has 2 nitrogen and oxygen atoms in total. The van der Waals surface area contributed by atoms with Gasteiger partial charge in [0.1, 0.15) is 0 Å². The number of Topliss-reactive ketones (excluding diaryl/α,β-unsaturated/α-hetero) is 2. The van der Waals surface area contributed by atoms with E-state index >= 15 is 0 Å². The second-order valence-electron chi connectivity index (χ2n) is 3.99. The summed E-state index contributed by atoms with van der Waals surface area (Å²) in [6.07, 6.45) is 0.164. The van der Waals surface area contributed by atoms with Crippen molar-refractivity contribution in [3.8, 4) is 0 Å². The maximum atomic E-state index is 13.2. The van der Waals surface area contributed by atoms with E-state index in [0.717, 1.165) is 0 Å². The zero-order valence-electron chi connectivity index (χ0n) is 9.06. The smallest absolute Gasteiger partial charge is 0.268 e. The summed E-state index contributed by atoms with van der Waals surface area (Å²) < 4.78 is 13.2. The van der Waals surface area contributed by atoms with E-state index in [4.69, 9.17) is 0 Å². The van der Waals surface area contributed by atoms with E-state index in [1.54, 1.807) is 13.8 Å². The maximum absolute atomic E-state index is 13.2. The van der Waals surface area contributed by atoms with Gasteiger partial charge in [0, 0.05) is 12.8 Å². The number of hydrogen-bond donors (Lipinski definition) is 1. The van der Waals surface area contributed by atoms with E-state index in [2.05, 4.69) is 12.6 Å². The van der Waals surface area contributed by atoms with Gasteiger partial charge in [-0.05, 0) is 5.41 Å². The predicted octanol–water partition coefficient (Wildman–Crippen LogP) is 2.57. The van der Waals surface area contributed by atoms with Crippen molar-refractivity contribution < 1.29 is 14.0 Å². The topological polar surface area (TPSA) is 34.1 Å². The molecule has 1 aliphatic carbocycles. The molecule has 0 unspecified atom stereocenters. The highest BCUT2D eigenvalue weighted by atomic mass is 32.1.